The third kappa shape index (κ3) is 2.92. The van der Waals surface area contributed by atoms with Crippen LogP contribution in [0.5, 0.6) is 5.88 Å². The Morgan fingerprint density at radius 1 is 1.53 bits per heavy atom. The normalized spacial score (nSPS) is 22.1. The summed E-state index contributed by atoms with van der Waals surface area (Å²) in [5.74, 6) is 1.07. The highest BCUT2D eigenvalue weighted by atomic mass is 16.5. The SMILES string of the molecule is CNC(c1cc(OC)ncn1)C1CCCOC1. The highest BCUT2D eigenvalue weighted by molar-refractivity contribution is 5.17. The fourth-order valence-electron chi connectivity index (χ4n) is 2.29. The zero-order valence-electron chi connectivity index (χ0n) is 10.3. The van der Waals surface area contributed by atoms with E-state index in [9.17, 15) is 0 Å². The highest BCUT2D eigenvalue weighted by Crippen LogP contribution is 2.28. The summed E-state index contributed by atoms with van der Waals surface area (Å²) in [6.45, 7) is 1.66. The Kier molecular flexibility index (Phi) is 4.28. The van der Waals surface area contributed by atoms with Crippen molar-refractivity contribution >= 4 is 0 Å². The van der Waals surface area contributed by atoms with Gasteiger partial charge in [-0.3, -0.25) is 0 Å². The largest absolute Gasteiger partial charge is 0.481 e. The Bertz CT molecular complexity index is 353. The maximum absolute atomic E-state index is 5.53. The van der Waals surface area contributed by atoms with Crippen molar-refractivity contribution in [2.24, 2.45) is 5.92 Å². The van der Waals surface area contributed by atoms with Crippen LogP contribution in [0.4, 0.5) is 0 Å². The van der Waals surface area contributed by atoms with E-state index in [2.05, 4.69) is 15.3 Å². The van der Waals surface area contributed by atoms with E-state index in [4.69, 9.17) is 9.47 Å². The van der Waals surface area contributed by atoms with Gasteiger partial charge in [0.15, 0.2) is 0 Å². The number of hydrogen-bond acceptors (Lipinski definition) is 5. The van der Waals surface area contributed by atoms with Crippen LogP contribution < -0.4 is 10.1 Å². The number of aromatic nitrogens is 2. The van der Waals surface area contributed by atoms with Crippen LogP contribution in [0.3, 0.4) is 0 Å². The summed E-state index contributed by atoms with van der Waals surface area (Å²) in [7, 11) is 3.57. The standard InChI is InChI=1S/C12H19N3O2/c1-13-12(9-4-3-5-17-7-9)10-6-11(16-2)15-8-14-10/h6,8-9,12-13H,3-5,7H2,1-2H3. The summed E-state index contributed by atoms with van der Waals surface area (Å²) in [6, 6.07) is 2.09. The van der Waals surface area contributed by atoms with Crippen molar-refractivity contribution in [2.45, 2.75) is 18.9 Å². The maximum atomic E-state index is 5.53. The molecule has 1 N–H and O–H groups in total. The Morgan fingerprint density at radius 2 is 2.41 bits per heavy atom. The molecule has 0 aromatic carbocycles. The van der Waals surface area contributed by atoms with Crippen molar-refractivity contribution in [3.8, 4) is 5.88 Å². The molecule has 2 unspecified atom stereocenters. The number of hydrogen-bond donors (Lipinski definition) is 1. The average molecular weight is 237 g/mol. The van der Waals surface area contributed by atoms with Gasteiger partial charge in [0.05, 0.1) is 25.5 Å². The summed E-state index contributed by atoms with van der Waals surface area (Å²) in [4.78, 5) is 8.35. The van der Waals surface area contributed by atoms with Crippen LogP contribution in [0.2, 0.25) is 0 Å². The summed E-state index contributed by atoms with van der Waals surface area (Å²) in [5.41, 5.74) is 0.967. The van der Waals surface area contributed by atoms with Gasteiger partial charge in [0.25, 0.3) is 0 Å². The molecule has 2 atom stereocenters. The smallest absolute Gasteiger partial charge is 0.216 e. The van der Waals surface area contributed by atoms with E-state index in [0.29, 0.717) is 11.8 Å². The van der Waals surface area contributed by atoms with Crippen molar-refractivity contribution in [1.29, 1.82) is 0 Å². The first kappa shape index (κ1) is 12.3. The molecule has 0 bridgehead atoms. The number of rotatable bonds is 4. The second kappa shape index (κ2) is 5.93. The Balaban J connectivity index is 2.15. The molecule has 2 rings (SSSR count). The fourth-order valence-corrected chi connectivity index (χ4v) is 2.29. The molecule has 0 amide bonds. The average Bonchev–Trinajstić information content (AvgIpc) is 2.41. The van der Waals surface area contributed by atoms with Crippen molar-refractivity contribution in [1.82, 2.24) is 15.3 Å². The van der Waals surface area contributed by atoms with Crippen LogP contribution in [0.1, 0.15) is 24.6 Å². The second-order valence-corrected chi connectivity index (χ2v) is 4.23. The lowest BCUT2D eigenvalue weighted by Crippen LogP contribution is -2.32. The molecule has 0 saturated carbocycles. The van der Waals surface area contributed by atoms with Crippen molar-refractivity contribution in [3.05, 3.63) is 18.1 Å². The molecule has 17 heavy (non-hydrogen) atoms. The number of nitrogens with zero attached hydrogens (tertiary/aromatic N) is 2. The summed E-state index contributed by atoms with van der Waals surface area (Å²) in [5, 5.41) is 3.31. The van der Waals surface area contributed by atoms with Gasteiger partial charge in [-0.1, -0.05) is 0 Å². The van der Waals surface area contributed by atoms with Gasteiger partial charge in [-0.2, -0.15) is 0 Å². The van der Waals surface area contributed by atoms with Gasteiger partial charge in [-0.05, 0) is 19.9 Å². The van der Waals surface area contributed by atoms with Crippen molar-refractivity contribution < 1.29 is 9.47 Å². The molecule has 5 nitrogen and oxygen atoms in total. The third-order valence-corrected chi connectivity index (χ3v) is 3.17. The van der Waals surface area contributed by atoms with E-state index < -0.39 is 0 Å². The molecule has 5 heteroatoms. The van der Waals surface area contributed by atoms with Gasteiger partial charge in [0.2, 0.25) is 5.88 Å². The molecule has 1 aliphatic heterocycles. The predicted molar refractivity (Wildman–Crippen MR) is 63.9 cm³/mol. The van der Waals surface area contributed by atoms with Crippen LogP contribution in [0, 0.1) is 5.92 Å². The van der Waals surface area contributed by atoms with Crippen LogP contribution in [0.15, 0.2) is 12.4 Å². The number of methoxy groups -OCH3 is 1. The predicted octanol–water partition coefficient (Wildman–Crippen LogP) is 1.17. The molecule has 1 aromatic rings. The lowest BCUT2D eigenvalue weighted by Gasteiger charge is -2.29. The molecular formula is C12H19N3O2. The molecule has 1 fully saturated rings. The molecule has 1 saturated heterocycles. The first-order valence-corrected chi connectivity index (χ1v) is 5.96. The topological polar surface area (TPSA) is 56.3 Å². The zero-order valence-corrected chi connectivity index (χ0v) is 10.3. The molecule has 2 heterocycles. The molecule has 94 valence electrons. The van der Waals surface area contributed by atoms with Crippen LogP contribution in [0.25, 0.3) is 0 Å². The lowest BCUT2D eigenvalue weighted by atomic mass is 9.91. The minimum atomic E-state index is 0.201. The van der Waals surface area contributed by atoms with E-state index in [-0.39, 0.29) is 6.04 Å². The number of nitrogens with one attached hydrogen (secondary N) is 1. The first-order chi connectivity index (χ1) is 8.35. The van der Waals surface area contributed by atoms with Gasteiger partial charge < -0.3 is 14.8 Å². The summed E-state index contributed by atoms with van der Waals surface area (Å²) < 4.78 is 10.7. The van der Waals surface area contributed by atoms with Crippen molar-refractivity contribution in [2.75, 3.05) is 27.4 Å². The minimum absolute atomic E-state index is 0.201. The van der Waals surface area contributed by atoms with Gasteiger partial charge in [-0.15, -0.1) is 0 Å². The molecule has 0 aliphatic carbocycles. The minimum Gasteiger partial charge on any atom is -0.481 e. The highest BCUT2D eigenvalue weighted by Gasteiger charge is 2.25. The Morgan fingerprint density at radius 3 is 3.06 bits per heavy atom. The van der Waals surface area contributed by atoms with Gasteiger partial charge in [0, 0.05) is 18.6 Å². The van der Waals surface area contributed by atoms with Gasteiger partial charge in [-0.25, -0.2) is 9.97 Å². The fraction of sp³-hybridized carbons (Fsp3) is 0.667. The van der Waals surface area contributed by atoms with E-state index in [0.717, 1.165) is 31.7 Å². The molecular weight excluding hydrogens is 218 g/mol. The van der Waals surface area contributed by atoms with Crippen LogP contribution >= 0.6 is 0 Å². The summed E-state index contributed by atoms with van der Waals surface area (Å²) >= 11 is 0. The first-order valence-electron chi connectivity index (χ1n) is 5.96. The summed E-state index contributed by atoms with van der Waals surface area (Å²) in [6.07, 6.45) is 3.82. The molecule has 1 aromatic heterocycles. The molecule has 0 radical (unpaired) electrons. The van der Waals surface area contributed by atoms with E-state index >= 15 is 0 Å². The second-order valence-electron chi connectivity index (χ2n) is 4.23. The van der Waals surface area contributed by atoms with E-state index in [1.54, 1.807) is 13.4 Å². The monoisotopic (exact) mass is 237 g/mol. The van der Waals surface area contributed by atoms with Gasteiger partial charge in [0.1, 0.15) is 6.33 Å². The third-order valence-electron chi connectivity index (χ3n) is 3.17. The van der Waals surface area contributed by atoms with Crippen molar-refractivity contribution in [3.63, 3.8) is 0 Å². The Hall–Kier alpha value is -1.20. The molecule has 1 aliphatic rings. The maximum Gasteiger partial charge on any atom is 0.216 e. The Labute approximate surface area is 102 Å². The van der Waals surface area contributed by atoms with Gasteiger partial charge >= 0.3 is 0 Å². The zero-order chi connectivity index (χ0) is 12.1. The van der Waals surface area contributed by atoms with Crippen LogP contribution in [-0.2, 0) is 4.74 Å². The van der Waals surface area contributed by atoms with Crippen LogP contribution in [-0.4, -0.2) is 37.3 Å². The van der Waals surface area contributed by atoms with E-state index in [1.165, 1.54) is 0 Å². The lowest BCUT2D eigenvalue weighted by molar-refractivity contribution is 0.0395. The number of ether oxygens (including phenoxy) is 2. The molecule has 0 spiro atoms. The quantitative estimate of drug-likeness (QED) is 0.852. The van der Waals surface area contributed by atoms with E-state index in [1.807, 2.05) is 13.1 Å².